The van der Waals surface area contributed by atoms with E-state index in [1.165, 1.54) is 17.0 Å². The monoisotopic (exact) mass is 327 g/mol. The number of thiophene rings is 1. The molecular weight excluding hydrogens is 313 g/mol. The standard InChI is InChI=1S/C14H15BrFNS/c1-9(11-3-5-12(16)6-4-11)17-10(2)13-7-8-14(15)18-13/h3-10,17H,1-2H3/t9-,10?/m0/s1. The first-order valence-corrected chi connectivity index (χ1v) is 7.44. The number of hydrogen-bond donors (Lipinski definition) is 1. The van der Waals surface area contributed by atoms with Crippen LogP contribution in [0.3, 0.4) is 0 Å². The second kappa shape index (κ2) is 5.95. The molecule has 1 unspecified atom stereocenters. The molecule has 0 spiro atoms. The predicted octanol–water partition coefficient (Wildman–Crippen LogP) is 5.06. The van der Waals surface area contributed by atoms with E-state index < -0.39 is 0 Å². The van der Waals surface area contributed by atoms with Crippen LogP contribution in [0.15, 0.2) is 40.2 Å². The lowest BCUT2D eigenvalue weighted by Crippen LogP contribution is -2.21. The summed E-state index contributed by atoms with van der Waals surface area (Å²) in [5, 5.41) is 3.51. The van der Waals surface area contributed by atoms with Crippen molar-refractivity contribution in [3.63, 3.8) is 0 Å². The molecule has 0 saturated carbocycles. The smallest absolute Gasteiger partial charge is 0.123 e. The van der Waals surface area contributed by atoms with Gasteiger partial charge in [0.25, 0.3) is 0 Å². The minimum atomic E-state index is -0.193. The fourth-order valence-electron chi connectivity index (χ4n) is 1.87. The molecule has 0 radical (unpaired) electrons. The summed E-state index contributed by atoms with van der Waals surface area (Å²) in [5.41, 5.74) is 1.10. The molecule has 4 heteroatoms. The first kappa shape index (κ1) is 13.7. The average Bonchev–Trinajstić information content (AvgIpc) is 2.76. The maximum absolute atomic E-state index is 12.9. The van der Waals surface area contributed by atoms with Crippen molar-refractivity contribution in [3.05, 3.63) is 56.4 Å². The summed E-state index contributed by atoms with van der Waals surface area (Å²) in [4.78, 5) is 1.29. The minimum absolute atomic E-state index is 0.193. The lowest BCUT2D eigenvalue weighted by molar-refractivity contribution is 0.499. The van der Waals surface area contributed by atoms with E-state index in [0.29, 0.717) is 0 Å². The Labute approximate surface area is 119 Å². The third-order valence-electron chi connectivity index (χ3n) is 2.89. The normalized spacial score (nSPS) is 14.4. The molecule has 0 amide bonds. The first-order valence-electron chi connectivity index (χ1n) is 5.83. The second-order valence-electron chi connectivity index (χ2n) is 4.30. The summed E-state index contributed by atoms with van der Waals surface area (Å²) in [6.07, 6.45) is 0. The van der Waals surface area contributed by atoms with Crippen LogP contribution in [0.1, 0.15) is 36.4 Å². The van der Waals surface area contributed by atoms with Gasteiger partial charge < -0.3 is 5.32 Å². The fourth-order valence-corrected chi connectivity index (χ4v) is 3.30. The molecule has 0 aliphatic carbocycles. The van der Waals surface area contributed by atoms with E-state index in [9.17, 15) is 4.39 Å². The fraction of sp³-hybridized carbons (Fsp3) is 0.286. The highest BCUT2D eigenvalue weighted by molar-refractivity contribution is 9.11. The first-order chi connectivity index (χ1) is 8.56. The Balaban J connectivity index is 2.02. The Morgan fingerprint density at radius 3 is 2.28 bits per heavy atom. The minimum Gasteiger partial charge on any atom is -0.303 e. The van der Waals surface area contributed by atoms with E-state index in [2.05, 4.69) is 47.2 Å². The highest BCUT2D eigenvalue weighted by Crippen LogP contribution is 2.28. The lowest BCUT2D eigenvalue weighted by Gasteiger charge is -2.19. The van der Waals surface area contributed by atoms with Gasteiger partial charge in [-0.25, -0.2) is 4.39 Å². The van der Waals surface area contributed by atoms with Crippen molar-refractivity contribution >= 4 is 27.3 Å². The van der Waals surface area contributed by atoms with Crippen LogP contribution in [0.5, 0.6) is 0 Å². The Morgan fingerprint density at radius 1 is 1.06 bits per heavy atom. The molecule has 1 heterocycles. The molecule has 0 fully saturated rings. The van der Waals surface area contributed by atoms with Crippen molar-refractivity contribution in [2.45, 2.75) is 25.9 Å². The summed E-state index contributed by atoms with van der Waals surface area (Å²) in [6.45, 7) is 4.23. The van der Waals surface area contributed by atoms with Crippen molar-refractivity contribution < 1.29 is 4.39 Å². The quantitative estimate of drug-likeness (QED) is 0.827. The number of nitrogens with one attached hydrogen (secondary N) is 1. The van der Waals surface area contributed by atoms with Crippen LogP contribution < -0.4 is 5.32 Å². The van der Waals surface area contributed by atoms with Crippen LogP contribution in [0.2, 0.25) is 0 Å². The zero-order valence-electron chi connectivity index (χ0n) is 10.3. The number of benzene rings is 1. The summed E-state index contributed by atoms with van der Waals surface area (Å²) in [7, 11) is 0. The van der Waals surface area contributed by atoms with Gasteiger partial charge in [-0.2, -0.15) is 0 Å². The van der Waals surface area contributed by atoms with Gasteiger partial charge in [0, 0.05) is 17.0 Å². The Hall–Kier alpha value is -0.710. The molecule has 2 rings (SSSR count). The van der Waals surface area contributed by atoms with E-state index in [0.717, 1.165) is 9.35 Å². The Bertz CT molecular complexity index is 509. The molecule has 96 valence electrons. The molecule has 0 aliphatic rings. The molecule has 1 nitrogen and oxygen atoms in total. The van der Waals surface area contributed by atoms with Crippen LogP contribution in [0.4, 0.5) is 4.39 Å². The molecule has 0 bridgehead atoms. The highest BCUT2D eigenvalue weighted by atomic mass is 79.9. The number of hydrogen-bond acceptors (Lipinski definition) is 2. The van der Waals surface area contributed by atoms with Gasteiger partial charge in [-0.15, -0.1) is 11.3 Å². The molecule has 0 saturated heterocycles. The molecule has 18 heavy (non-hydrogen) atoms. The maximum atomic E-state index is 12.9. The van der Waals surface area contributed by atoms with Crippen molar-refractivity contribution in [2.75, 3.05) is 0 Å². The molecule has 0 aliphatic heterocycles. The van der Waals surface area contributed by atoms with Gasteiger partial charge in [0.15, 0.2) is 0 Å². The average molecular weight is 328 g/mol. The van der Waals surface area contributed by atoms with E-state index in [-0.39, 0.29) is 17.9 Å². The Morgan fingerprint density at radius 2 is 1.72 bits per heavy atom. The molecule has 1 N–H and O–H groups in total. The SMILES string of the molecule is CC(N[C@@H](C)c1ccc(F)cc1)c1ccc(Br)s1. The highest BCUT2D eigenvalue weighted by Gasteiger charge is 2.12. The van der Waals surface area contributed by atoms with Gasteiger partial charge in [-0.05, 0) is 59.6 Å². The summed E-state index contributed by atoms with van der Waals surface area (Å²) in [6, 6.07) is 11.3. The number of halogens is 2. The van der Waals surface area contributed by atoms with Crippen LogP contribution in [-0.2, 0) is 0 Å². The van der Waals surface area contributed by atoms with Crippen LogP contribution in [0.25, 0.3) is 0 Å². The maximum Gasteiger partial charge on any atom is 0.123 e. The molecule has 2 aromatic rings. The van der Waals surface area contributed by atoms with Crippen LogP contribution in [-0.4, -0.2) is 0 Å². The second-order valence-corrected chi connectivity index (χ2v) is 6.80. The van der Waals surface area contributed by atoms with Gasteiger partial charge in [0.05, 0.1) is 3.79 Å². The molecule has 2 atom stereocenters. The van der Waals surface area contributed by atoms with Crippen LogP contribution >= 0.6 is 27.3 Å². The zero-order chi connectivity index (χ0) is 13.1. The third kappa shape index (κ3) is 3.40. The van der Waals surface area contributed by atoms with E-state index in [1.807, 2.05) is 12.1 Å². The Kier molecular flexibility index (Phi) is 4.54. The van der Waals surface area contributed by atoms with Gasteiger partial charge in [0.1, 0.15) is 5.82 Å². The van der Waals surface area contributed by atoms with Crippen molar-refractivity contribution in [3.8, 4) is 0 Å². The van der Waals surface area contributed by atoms with Gasteiger partial charge in [0.2, 0.25) is 0 Å². The van der Waals surface area contributed by atoms with E-state index >= 15 is 0 Å². The predicted molar refractivity (Wildman–Crippen MR) is 78.4 cm³/mol. The third-order valence-corrected chi connectivity index (χ3v) is 4.70. The number of rotatable bonds is 4. The lowest BCUT2D eigenvalue weighted by atomic mass is 10.1. The van der Waals surface area contributed by atoms with Crippen molar-refractivity contribution in [1.82, 2.24) is 5.32 Å². The molecule has 1 aromatic heterocycles. The summed E-state index contributed by atoms with van der Waals surface area (Å²) in [5.74, 6) is -0.193. The van der Waals surface area contributed by atoms with Crippen LogP contribution in [0, 0.1) is 5.82 Å². The molecular formula is C14H15BrFNS. The van der Waals surface area contributed by atoms with E-state index in [1.54, 1.807) is 11.3 Å². The van der Waals surface area contributed by atoms with Crippen molar-refractivity contribution in [1.29, 1.82) is 0 Å². The van der Waals surface area contributed by atoms with Gasteiger partial charge >= 0.3 is 0 Å². The van der Waals surface area contributed by atoms with Crippen molar-refractivity contribution in [2.24, 2.45) is 0 Å². The van der Waals surface area contributed by atoms with Gasteiger partial charge in [-0.1, -0.05) is 12.1 Å². The largest absolute Gasteiger partial charge is 0.303 e. The summed E-state index contributed by atoms with van der Waals surface area (Å²) < 4.78 is 14.0. The topological polar surface area (TPSA) is 12.0 Å². The molecule has 1 aromatic carbocycles. The van der Waals surface area contributed by atoms with Gasteiger partial charge in [-0.3, -0.25) is 0 Å². The zero-order valence-corrected chi connectivity index (χ0v) is 12.7. The van der Waals surface area contributed by atoms with E-state index in [4.69, 9.17) is 0 Å². The summed E-state index contributed by atoms with van der Waals surface area (Å²) >= 11 is 5.20.